The molecule has 1 rings (SSSR count). The topological polar surface area (TPSA) is 68.3 Å². The zero-order valence-electron chi connectivity index (χ0n) is 13.1. The Balaban J connectivity index is 2.46. The molecule has 21 heavy (non-hydrogen) atoms. The van der Waals surface area contributed by atoms with E-state index in [1.807, 2.05) is 6.92 Å². The summed E-state index contributed by atoms with van der Waals surface area (Å²) in [6, 6.07) is 0.101. The summed E-state index contributed by atoms with van der Waals surface area (Å²) in [6.07, 6.45) is 3.19. The number of ether oxygens (including phenoxy) is 1. The molecule has 0 aliphatic rings. The highest BCUT2D eigenvalue weighted by molar-refractivity contribution is 7.11. The van der Waals surface area contributed by atoms with E-state index in [2.05, 4.69) is 24.1 Å². The van der Waals surface area contributed by atoms with Crippen LogP contribution in [0.15, 0.2) is 5.38 Å². The lowest BCUT2D eigenvalue weighted by atomic mass is 10.0. The minimum Gasteiger partial charge on any atom is -0.461 e. The van der Waals surface area contributed by atoms with E-state index in [-0.39, 0.29) is 22.7 Å². The summed E-state index contributed by atoms with van der Waals surface area (Å²) in [5.41, 5.74) is 0.277. The minimum absolute atomic E-state index is 0.101. The quantitative estimate of drug-likeness (QED) is 0.748. The molecule has 0 saturated heterocycles. The molecule has 0 bridgehead atoms. The maximum atomic E-state index is 12.0. The predicted molar refractivity (Wildman–Crippen MR) is 83.7 cm³/mol. The number of hydrogen-bond donors (Lipinski definition) is 1. The van der Waals surface area contributed by atoms with Gasteiger partial charge in [-0.2, -0.15) is 0 Å². The average molecular weight is 312 g/mol. The fraction of sp³-hybridized carbons (Fsp3) is 0.667. The fourth-order valence-corrected chi connectivity index (χ4v) is 2.56. The Morgan fingerprint density at radius 1 is 1.33 bits per heavy atom. The lowest BCUT2D eigenvalue weighted by Gasteiger charge is -2.13. The number of nitrogens with zero attached hydrogens (tertiary/aromatic N) is 1. The Morgan fingerprint density at radius 3 is 2.67 bits per heavy atom. The molecule has 0 aliphatic heterocycles. The monoisotopic (exact) mass is 312 g/mol. The highest BCUT2D eigenvalue weighted by Crippen LogP contribution is 2.12. The number of esters is 1. The molecule has 1 atom stereocenters. The van der Waals surface area contributed by atoms with Gasteiger partial charge < -0.3 is 10.1 Å². The Labute approximate surface area is 130 Å². The minimum atomic E-state index is -0.480. The molecule has 1 unspecified atom stereocenters. The van der Waals surface area contributed by atoms with E-state index in [0.29, 0.717) is 12.5 Å². The number of carbonyl (C=O) groups is 2. The van der Waals surface area contributed by atoms with Gasteiger partial charge in [0.05, 0.1) is 6.61 Å². The van der Waals surface area contributed by atoms with Crippen molar-refractivity contribution in [3.63, 3.8) is 0 Å². The first-order chi connectivity index (χ1) is 9.93. The Kier molecular flexibility index (Phi) is 7.36. The molecule has 1 N–H and O–H groups in total. The fourth-order valence-electron chi connectivity index (χ4n) is 1.87. The van der Waals surface area contributed by atoms with Gasteiger partial charge in [-0.05, 0) is 26.2 Å². The first kappa shape index (κ1) is 17.6. The summed E-state index contributed by atoms with van der Waals surface area (Å²) < 4.78 is 4.85. The van der Waals surface area contributed by atoms with E-state index in [1.165, 1.54) is 0 Å². The lowest BCUT2D eigenvalue weighted by molar-refractivity contribution is 0.0526. The predicted octanol–water partition coefficient (Wildman–Crippen LogP) is 3.26. The molecule has 1 amide bonds. The van der Waals surface area contributed by atoms with Crippen molar-refractivity contribution in [1.29, 1.82) is 0 Å². The van der Waals surface area contributed by atoms with E-state index in [9.17, 15) is 9.59 Å². The molecule has 118 valence electrons. The van der Waals surface area contributed by atoms with E-state index in [1.54, 1.807) is 12.3 Å². The molecule has 6 heteroatoms. The first-order valence-electron chi connectivity index (χ1n) is 7.37. The van der Waals surface area contributed by atoms with Gasteiger partial charge in [-0.1, -0.05) is 26.7 Å². The molecule has 5 nitrogen and oxygen atoms in total. The Bertz CT molecular complexity index is 471. The highest BCUT2D eigenvalue weighted by Gasteiger charge is 2.17. The van der Waals surface area contributed by atoms with E-state index in [4.69, 9.17) is 4.74 Å². The summed E-state index contributed by atoms with van der Waals surface area (Å²) >= 11 is 1.13. The third kappa shape index (κ3) is 6.25. The van der Waals surface area contributed by atoms with E-state index in [0.717, 1.165) is 30.6 Å². The van der Waals surface area contributed by atoms with Crippen molar-refractivity contribution in [3.05, 3.63) is 16.1 Å². The van der Waals surface area contributed by atoms with Gasteiger partial charge >= 0.3 is 5.97 Å². The standard InChI is InChI=1S/C15H24N2O3S/c1-5-20-15(19)14-17-12(9-21-14)13(18)16-11(4)8-6-7-10(2)3/h9-11H,5-8H2,1-4H3,(H,16,18). The van der Waals surface area contributed by atoms with Crippen LogP contribution in [-0.2, 0) is 4.74 Å². The molecule has 1 heterocycles. The number of thiazole rings is 1. The molecule has 0 spiro atoms. The Hall–Kier alpha value is -1.43. The van der Waals surface area contributed by atoms with Gasteiger partial charge in [-0.15, -0.1) is 11.3 Å². The summed E-state index contributed by atoms with van der Waals surface area (Å²) in [5, 5.41) is 4.71. The van der Waals surface area contributed by atoms with Gasteiger partial charge in [0, 0.05) is 11.4 Å². The van der Waals surface area contributed by atoms with Gasteiger partial charge in [0.2, 0.25) is 5.01 Å². The first-order valence-corrected chi connectivity index (χ1v) is 8.25. The third-order valence-corrected chi connectivity index (χ3v) is 3.81. The second-order valence-corrected chi connectivity index (χ2v) is 6.32. The Morgan fingerprint density at radius 2 is 2.05 bits per heavy atom. The lowest BCUT2D eigenvalue weighted by Crippen LogP contribution is -2.32. The maximum Gasteiger partial charge on any atom is 0.367 e. The van der Waals surface area contributed by atoms with Crippen molar-refractivity contribution in [3.8, 4) is 0 Å². The number of nitrogens with one attached hydrogen (secondary N) is 1. The van der Waals surface area contributed by atoms with Crippen LogP contribution >= 0.6 is 11.3 Å². The smallest absolute Gasteiger partial charge is 0.367 e. The van der Waals surface area contributed by atoms with Gasteiger partial charge in [0.25, 0.3) is 5.91 Å². The second-order valence-electron chi connectivity index (χ2n) is 5.46. The molecule has 1 aromatic heterocycles. The van der Waals surface area contributed by atoms with Crippen molar-refractivity contribution in [2.45, 2.75) is 53.0 Å². The molecule has 0 fully saturated rings. The van der Waals surface area contributed by atoms with E-state index >= 15 is 0 Å². The zero-order valence-corrected chi connectivity index (χ0v) is 14.0. The number of rotatable bonds is 8. The van der Waals surface area contributed by atoms with E-state index < -0.39 is 5.97 Å². The van der Waals surface area contributed by atoms with Crippen molar-refractivity contribution in [2.24, 2.45) is 5.92 Å². The molecule has 0 aromatic carbocycles. The summed E-state index contributed by atoms with van der Waals surface area (Å²) in [7, 11) is 0. The van der Waals surface area contributed by atoms with Gasteiger partial charge in [0.1, 0.15) is 5.69 Å². The van der Waals surface area contributed by atoms with Gasteiger partial charge in [-0.3, -0.25) is 4.79 Å². The number of aromatic nitrogens is 1. The average Bonchev–Trinajstić information content (AvgIpc) is 2.88. The van der Waals surface area contributed by atoms with Crippen LogP contribution in [0.25, 0.3) is 0 Å². The number of hydrogen-bond acceptors (Lipinski definition) is 5. The largest absolute Gasteiger partial charge is 0.461 e. The normalized spacial score (nSPS) is 12.2. The second kappa shape index (κ2) is 8.77. The van der Waals surface area contributed by atoms with Crippen LogP contribution in [0.1, 0.15) is 67.2 Å². The highest BCUT2D eigenvalue weighted by atomic mass is 32.1. The molecular formula is C15H24N2O3S. The summed E-state index contributed by atoms with van der Waals surface area (Å²) in [4.78, 5) is 27.6. The number of carbonyl (C=O) groups excluding carboxylic acids is 2. The maximum absolute atomic E-state index is 12.0. The van der Waals surface area contributed by atoms with Crippen LogP contribution in [0.4, 0.5) is 0 Å². The van der Waals surface area contributed by atoms with Crippen molar-refractivity contribution in [2.75, 3.05) is 6.61 Å². The van der Waals surface area contributed by atoms with Gasteiger partial charge in [-0.25, -0.2) is 9.78 Å². The molecule has 0 radical (unpaired) electrons. The van der Waals surface area contributed by atoms with Crippen LogP contribution < -0.4 is 5.32 Å². The number of amides is 1. The third-order valence-electron chi connectivity index (χ3n) is 2.98. The molecular weight excluding hydrogens is 288 g/mol. The van der Waals surface area contributed by atoms with Crippen molar-refractivity contribution in [1.82, 2.24) is 10.3 Å². The van der Waals surface area contributed by atoms with Gasteiger partial charge in [0.15, 0.2) is 0 Å². The van der Waals surface area contributed by atoms with Crippen LogP contribution in [0.5, 0.6) is 0 Å². The van der Waals surface area contributed by atoms with Crippen LogP contribution in [-0.4, -0.2) is 29.5 Å². The summed E-state index contributed by atoms with van der Waals surface area (Å²) in [5.74, 6) is -0.0380. The van der Waals surface area contributed by atoms with Crippen molar-refractivity contribution < 1.29 is 14.3 Å². The molecule has 0 saturated carbocycles. The van der Waals surface area contributed by atoms with Crippen LogP contribution in [0, 0.1) is 5.92 Å². The summed E-state index contributed by atoms with van der Waals surface area (Å²) in [6.45, 7) is 8.40. The van der Waals surface area contributed by atoms with Crippen LogP contribution in [0.2, 0.25) is 0 Å². The molecule has 0 aliphatic carbocycles. The van der Waals surface area contributed by atoms with Crippen molar-refractivity contribution >= 4 is 23.2 Å². The SMILES string of the molecule is CCOC(=O)c1nc(C(=O)NC(C)CCCC(C)C)cs1. The zero-order chi connectivity index (χ0) is 15.8. The molecule has 1 aromatic rings. The van der Waals surface area contributed by atoms with Crippen LogP contribution in [0.3, 0.4) is 0 Å².